The van der Waals surface area contributed by atoms with E-state index in [1.807, 2.05) is 0 Å². The molecule has 0 aromatic heterocycles. The lowest BCUT2D eigenvalue weighted by atomic mass is 10.1. The summed E-state index contributed by atoms with van der Waals surface area (Å²) in [4.78, 5) is 10.9. The number of fused-ring (bicyclic) bond motifs is 1. The lowest BCUT2D eigenvalue weighted by Gasteiger charge is -2.23. The molecule has 11 heteroatoms. The van der Waals surface area contributed by atoms with Crippen LogP contribution < -0.4 is 0 Å². The second-order valence-corrected chi connectivity index (χ2v) is 10.4. The number of halogens is 3. The van der Waals surface area contributed by atoms with E-state index in [-0.39, 0.29) is 27.5 Å². The van der Waals surface area contributed by atoms with E-state index in [0.29, 0.717) is 5.39 Å². The maximum Gasteiger partial charge on any atom is 0.576 e. The number of hydrogen-bond donors (Lipinski definition) is 1. The van der Waals surface area contributed by atoms with Gasteiger partial charge in [0.15, 0.2) is 0 Å². The van der Waals surface area contributed by atoms with Crippen molar-refractivity contribution in [1.29, 1.82) is 0 Å². The summed E-state index contributed by atoms with van der Waals surface area (Å²) in [5.41, 5.74) is -5.64. The topological polar surface area (TPSA) is 91.7 Å². The molecule has 144 valence electrons. The van der Waals surface area contributed by atoms with Crippen LogP contribution in [-0.4, -0.2) is 30.7 Å². The monoisotopic (exact) mass is 412 g/mol. The van der Waals surface area contributed by atoms with Gasteiger partial charge in [-0.25, -0.2) is 4.55 Å². The predicted molar refractivity (Wildman–Crippen MR) is 95.1 cm³/mol. The summed E-state index contributed by atoms with van der Waals surface area (Å²) >= 11 is 0. The van der Waals surface area contributed by atoms with E-state index >= 15 is 0 Å². The molecule has 0 amide bonds. The second kappa shape index (κ2) is 7.05. The number of nitrogens with zero attached hydrogens (tertiary/aromatic N) is 1. The zero-order valence-electron chi connectivity index (χ0n) is 13.9. The molecule has 26 heavy (non-hydrogen) atoms. The Morgan fingerprint density at radius 2 is 1.65 bits per heavy atom. The van der Waals surface area contributed by atoms with E-state index in [1.54, 1.807) is 26.0 Å². The summed E-state index contributed by atoms with van der Waals surface area (Å²) < 4.78 is 64.7. The smallest absolute Gasteiger partial charge is 0.258 e. The summed E-state index contributed by atoms with van der Waals surface area (Å²) in [7, 11) is -8.40. The zero-order valence-corrected chi connectivity index (χ0v) is 15.5. The van der Waals surface area contributed by atoms with Gasteiger partial charge in [-0.1, -0.05) is 18.2 Å². The van der Waals surface area contributed by atoms with Gasteiger partial charge in [0.05, 0.1) is 26.7 Å². The van der Waals surface area contributed by atoms with Crippen LogP contribution in [0, 0.1) is 10.1 Å². The quantitative estimate of drug-likeness (QED) is 0.245. The van der Waals surface area contributed by atoms with E-state index < -0.39 is 30.9 Å². The maximum absolute atomic E-state index is 12.9. The van der Waals surface area contributed by atoms with E-state index in [1.165, 1.54) is 24.3 Å². The Labute approximate surface area is 149 Å². The van der Waals surface area contributed by atoms with Gasteiger partial charge in [-0.2, -0.15) is 13.2 Å². The van der Waals surface area contributed by atoms with Crippen LogP contribution in [0.15, 0.2) is 41.3 Å². The van der Waals surface area contributed by atoms with Gasteiger partial charge in [-0.15, -0.1) is 7.49 Å². The van der Waals surface area contributed by atoms with Gasteiger partial charge in [0.1, 0.15) is 10.3 Å². The number of hydrogen-bond acceptors (Lipinski definition) is 3. The minimum Gasteiger partial charge on any atom is -0.258 e. The van der Waals surface area contributed by atoms with Crippen molar-refractivity contribution in [3.8, 4) is 0 Å². The predicted octanol–water partition coefficient (Wildman–Crippen LogP) is 5.02. The maximum atomic E-state index is 12.9. The fraction of sp³-hybridized carbons (Fsp3) is 0.333. The van der Waals surface area contributed by atoms with Gasteiger partial charge in [0, 0.05) is 11.5 Å². The molecule has 0 aliphatic carbocycles. The van der Waals surface area contributed by atoms with Crippen molar-refractivity contribution in [3.05, 3.63) is 46.5 Å². The lowest BCUT2D eigenvalue weighted by Crippen LogP contribution is -2.25. The average molecular weight is 412 g/mol. The van der Waals surface area contributed by atoms with Crippen LogP contribution in [0.2, 0.25) is 0 Å². The standard InChI is InChI=1S/C15H16F3NO5S2/c1-3-25(4-2,24-26(22,23)15(16,17)18)14-10-9-13(19(20)21)11-7-5-6-8-12(11)14/h5-10H,3-4H2,1-2H3/p+1. The van der Waals surface area contributed by atoms with Crippen LogP contribution in [-0.2, 0) is 13.4 Å². The summed E-state index contributed by atoms with van der Waals surface area (Å²) in [5.74, 6) is 0.0812. The first-order valence-corrected chi connectivity index (χ1v) is 10.8. The van der Waals surface area contributed by atoms with E-state index in [4.69, 9.17) is 3.29 Å². The van der Waals surface area contributed by atoms with Gasteiger partial charge >= 0.3 is 15.6 Å². The number of alkyl halides is 3. The highest BCUT2D eigenvalue weighted by atomic mass is 32.3. The molecule has 6 nitrogen and oxygen atoms in total. The first-order valence-electron chi connectivity index (χ1n) is 7.48. The Morgan fingerprint density at radius 3 is 2.12 bits per heavy atom. The van der Waals surface area contributed by atoms with E-state index in [0.717, 1.165) is 0 Å². The summed E-state index contributed by atoms with van der Waals surface area (Å²) in [6.07, 6.45) is 0. The molecule has 0 bridgehead atoms. The van der Waals surface area contributed by atoms with Crippen molar-refractivity contribution in [3.63, 3.8) is 0 Å². The van der Waals surface area contributed by atoms with Gasteiger partial charge in [0.25, 0.3) is 5.69 Å². The van der Waals surface area contributed by atoms with Crippen molar-refractivity contribution < 1.29 is 30.1 Å². The Kier molecular flexibility index (Phi) is 5.54. The SMILES string of the molecule is CCS(CC)([O+]=S(=O)(O)C(F)(F)F)c1ccc([N+](=O)[O-])c2ccccc12. The molecule has 0 spiro atoms. The molecule has 0 heterocycles. The molecular weight excluding hydrogens is 395 g/mol. The van der Waals surface area contributed by atoms with Gasteiger partial charge in [-0.3, -0.25) is 10.1 Å². The van der Waals surface area contributed by atoms with Crippen molar-refractivity contribution >= 4 is 36.9 Å². The third kappa shape index (κ3) is 3.51. The lowest BCUT2D eigenvalue weighted by molar-refractivity contribution is -0.383. The molecule has 0 radical (unpaired) electrons. The Hall–Kier alpha value is -1.85. The molecule has 0 saturated carbocycles. The normalized spacial score (nSPS) is 15.5. The Morgan fingerprint density at radius 1 is 1.12 bits per heavy atom. The molecule has 1 N–H and O–H groups in total. The largest absolute Gasteiger partial charge is 0.576 e. The van der Waals surface area contributed by atoms with Crippen LogP contribution >= 0.6 is 10.3 Å². The number of rotatable bonds is 5. The fourth-order valence-corrected chi connectivity index (χ4v) is 7.31. The molecule has 1 unspecified atom stereocenters. The first kappa shape index (κ1) is 20.5. The third-order valence-electron chi connectivity index (χ3n) is 3.91. The van der Waals surface area contributed by atoms with Crippen LogP contribution in [0.1, 0.15) is 13.8 Å². The van der Waals surface area contributed by atoms with Gasteiger partial charge < -0.3 is 0 Å². The Bertz CT molecular complexity index is 963. The minimum atomic E-state index is -5.57. The van der Waals surface area contributed by atoms with Gasteiger partial charge in [-0.05, 0) is 26.0 Å². The summed E-state index contributed by atoms with van der Waals surface area (Å²) in [5, 5.41) is 11.8. The number of non-ortho nitro benzene ring substituents is 1. The zero-order chi connectivity index (χ0) is 19.8. The molecule has 2 rings (SSSR count). The van der Waals surface area contributed by atoms with Gasteiger partial charge in [0.2, 0.25) is 0 Å². The Balaban J connectivity index is 2.90. The van der Waals surface area contributed by atoms with Crippen LogP contribution in [0.3, 0.4) is 0 Å². The van der Waals surface area contributed by atoms with Crippen LogP contribution in [0.4, 0.5) is 18.9 Å². The van der Waals surface area contributed by atoms with Crippen molar-refractivity contribution in [2.24, 2.45) is 0 Å². The molecule has 0 aliphatic heterocycles. The molecule has 0 aliphatic rings. The van der Waals surface area contributed by atoms with E-state index in [2.05, 4.69) is 0 Å². The molecule has 0 fully saturated rings. The van der Waals surface area contributed by atoms with Crippen molar-refractivity contribution in [1.82, 2.24) is 0 Å². The second-order valence-electron chi connectivity index (χ2n) is 5.26. The fourth-order valence-electron chi connectivity index (χ4n) is 2.60. The third-order valence-corrected chi connectivity index (χ3v) is 9.29. The molecule has 2 aromatic rings. The summed E-state index contributed by atoms with van der Waals surface area (Å²) in [6.45, 7) is 3.11. The van der Waals surface area contributed by atoms with Crippen LogP contribution in [0.5, 0.6) is 0 Å². The number of benzene rings is 2. The van der Waals surface area contributed by atoms with E-state index in [9.17, 15) is 32.0 Å². The highest BCUT2D eigenvalue weighted by Gasteiger charge is 2.56. The van der Waals surface area contributed by atoms with Crippen LogP contribution in [0.25, 0.3) is 10.8 Å². The molecule has 0 saturated heterocycles. The number of nitro benzene ring substituents is 1. The molecule has 1 atom stereocenters. The number of nitro groups is 1. The minimum absolute atomic E-state index is 0.0406. The van der Waals surface area contributed by atoms with Crippen molar-refractivity contribution in [2.45, 2.75) is 24.3 Å². The molecular formula is C15H17F3NO5S2+. The average Bonchev–Trinajstić information content (AvgIpc) is 2.57. The molecule has 2 aromatic carbocycles. The summed E-state index contributed by atoms with van der Waals surface area (Å²) in [6, 6.07) is 8.66. The van der Waals surface area contributed by atoms with Crippen molar-refractivity contribution in [2.75, 3.05) is 11.5 Å². The highest BCUT2D eigenvalue weighted by Crippen LogP contribution is 2.58. The first-order chi connectivity index (χ1) is 12.0. The highest BCUT2D eigenvalue weighted by molar-refractivity contribution is 8.30.